The normalized spacial score (nSPS) is 25.4. The van der Waals surface area contributed by atoms with Gasteiger partial charge in [0.25, 0.3) is 0 Å². The molecule has 1 N–H and O–H groups in total. The summed E-state index contributed by atoms with van der Waals surface area (Å²) in [7, 11) is 1.53. The van der Waals surface area contributed by atoms with Crippen LogP contribution in [-0.4, -0.2) is 25.6 Å². The standard InChI is InChI=1S/C12H16O4/c1-8-6-15-7-16-12(8)9-3-4-10(13)11(5-9)14-2/h3-5,8,12-13H,6-7H2,1-2H3. The second kappa shape index (κ2) is 4.72. The zero-order valence-corrected chi connectivity index (χ0v) is 9.47. The van der Waals surface area contributed by atoms with E-state index in [0.29, 0.717) is 25.1 Å². The number of methoxy groups -OCH3 is 1. The fourth-order valence-electron chi connectivity index (χ4n) is 1.90. The van der Waals surface area contributed by atoms with Crippen molar-refractivity contribution in [1.29, 1.82) is 0 Å². The van der Waals surface area contributed by atoms with Crippen LogP contribution in [0.5, 0.6) is 11.5 Å². The number of ether oxygens (including phenoxy) is 3. The molecule has 1 heterocycles. The van der Waals surface area contributed by atoms with Crippen molar-refractivity contribution in [2.45, 2.75) is 13.0 Å². The fourth-order valence-corrected chi connectivity index (χ4v) is 1.90. The second-order valence-electron chi connectivity index (χ2n) is 3.98. The van der Waals surface area contributed by atoms with Gasteiger partial charge in [-0.3, -0.25) is 0 Å². The molecule has 88 valence electrons. The third-order valence-corrected chi connectivity index (χ3v) is 2.76. The Hall–Kier alpha value is -1.26. The van der Waals surface area contributed by atoms with Crippen LogP contribution in [0.3, 0.4) is 0 Å². The van der Waals surface area contributed by atoms with E-state index in [9.17, 15) is 5.11 Å². The molecule has 0 aliphatic carbocycles. The summed E-state index contributed by atoms with van der Waals surface area (Å²) in [4.78, 5) is 0. The van der Waals surface area contributed by atoms with Crippen LogP contribution in [0.15, 0.2) is 18.2 Å². The number of hydrogen-bond acceptors (Lipinski definition) is 4. The van der Waals surface area contributed by atoms with Gasteiger partial charge < -0.3 is 19.3 Å². The lowest BCUT2D eigenvalue weighted by Gasteiger charge is -2.29. The highest BCUT2D eigenvalue weighted by Gasteiger charge is 2.25. The van der Waals surface area contributed by atoms with Gasteiger partial charge in [0.05, 0.1) is 19.8 Å². The average Bonchev–Trinajstić information content (AvgIpc) is 2.31. The zero-order chi connectivity index (χ0) is 11.5. The van der Waals surface area contributed by atoms with E-state index in [2.05, 4.69) is 6.92 Å². The predicted molar refractivity (Wildman–Crippen MR) is 58.5 cm³/mol. The Labute approximate surface area is 94.8 Å². The van der Waals surface area contributed by atoms with E-state index < -0.39 is 0 Å². The van der Waals surface area contributed by atoms with Crippen molar-refractivity contribution in [2.24, 2.45) is 5.92 Å². The van der Waals surface area contributed by atoms with Gasteiger partial charge >= 0.3 is 0 Å². The smallest absolute Gasteiger partial charge is 0.160 e. The van der Waals surface area contributed by atoms with Crippen molar-refractivity contribution >= 4 is 0 Å². The molecule has 2 unspecified atom stereocenters. The Bertz CT molecular complexity index is 364. The van der Waals surface area contributed by atoms with Crippen molar-refractivity contribution in [3.05, 3.63) is 23.8 Å². The zero-order valence-electron chi connectivity index (χ0n) is 9.47. The van der Waals surface area contributed by atoms with Gasteiger partial charge in [-0.15, -0.1) is 0 Å². The molecule has 0 saturated carbocycles. The first-order chi connectivity index (χ1) is 7.72. The van der Waals surface area contributed by atoms with Crippen LogP contribution in [-0.2, 0) is 9.47 Å². The summed E-state index contributed by atoms with van der Waals surface area (Å²) >= 11 is 0. The van der Waals surface area contributed by atoms with Gasteiger partial charge in [0.1, 0.15) is 6.79 Å². The van der Waals surface area contributed by atoms with Gasteiger partial charge in [0.2, 0.25) is 0 Å². The Kier molecular flexibility index (Phi) is 3.31. The molecule has 1 aliphatic rings. The van der Waals surface area contributed by atoms with Crippen LogP contribution in [0.25, 0.3) is 0 Å². The van der Waals surface area contributed by atoms with E-state index in [-0.39, 0.29) is 11.9 Å². The molecule has 1 aromatic rings. The molecule has 16 heavy (non-hydrogen) atoms. The molecule has 4 heteroatoms. The van der Waals surface area contributed by atoms with Crippen molar-refractivity contribution in [3.63, 3.8) is 0 Å². The summed E-state index contributed by atoms with van der Waals surface area (Å²) in [5.41, 5.74) is 1.01. The van der Waals surface area contributed by atoms with E-state index in [1.54, 1.807) is 6.07 Å². The molecule has 4 nitrogen and oxygen atoms in total. The van der Waals surface area contributed by atoms with Gasteiger partial charge in [0.15, 0.2) is 11.5 Å². The number of hydrogen-bond donors (Lipinski definition) is 1. The van der Waals surface area contributed by atoms with Gasteiger partial charge in [-0.25, -0.2) is 0 Å². The Morgan fingerprint density at radius 3 is 2.94 bits per heavy atom. The summed E-state index contributed by atoms with van der Waals surface area (Å²) in [5, 5.41) is 9.51. The minimum Gasteiger partial charge on any atom is -0.504 e. The molecule has 1 aliphatic heterocycles. The third-order valence-electron chi connectivity index (χ3n) is 2.76. The van der Waals surface area contributed by atoms with Gasteiger partial charge in [-0.2, -0.15) is 0 Å². The largest absolute Gasteiger partial charge is 0.504 e. The molecule has 0 aromatic heterocycles. The Morgan fingerprint density at radius 1 is 1.44 bits per heavy atom. The van der Waals surface area contributed by atoms with Crippen LogP contribution in [0, 0.1) is 5.92 Å². The molecule has 0 spiro atoms. The SMILES string of the molecule is COc1cc(C2OCOCC2C)ccc1O. The number of phenolic OH excluding ortho intramolecular Hbond substituents is 1. The summed E-state index contributed by atoms with van der Waals surface area (Å²) in [6.07, 6.45) is 0.00301. The van der Waals surface area contributed by atoms with Crippen LogP contribution >= 0.6 is 0 Å². The topological polar surface area (TPSA) is 47.9 Å². The third kappa shape index (κ3) is 2.13. The molecule has 1 fully saturated rings. The fraction of sp³-hybridized carbons (Fsp3) is 0.500. The highest BCUT2D eigenvalue weighted by molar-refractivity contribution is 5.42. The van der Waals surface area contributed by atoms with E-state index >= 15 is 0 Å². The summed E-state index contributed by atoms with van der Waals surface area (Å²) in [6.45, 7) is 3.08. The molecular formula is C12H16O4. The summed E-state index contributed by atoms with van der Waals surface area (Å²) in [6, 6.07) is 5.28. The number of rotatable bonds is 2. The minimum atomic E-state index is 0.00301. The van der Waals surface area contributed by atoms with Crippen LogP contribution in [0.4, 0.5) is 0 Å². The number of phenols is 1. The average molecular weight is 224 g/mol. The lowest BCUT2D eigenvalue weighted by atomic mass is 9.97. The first-order valence-corrected chi connectivity index (χ1v) is 5.28. The Morgan fingerprint density at radius 2 is 2.25 bits per heavy atom. The number of benzene rings is 1. The van der Waals surface area contributed by atoms with Crippen molar-refractivity contribution in [3.8, 4) is 11.5 Å². The molecule has 0 radical (unpaired) electrons. The molecule has 1 saturated heterocycles. The summed E-state index contributed by atoms with van der Waals surface area (Å²) in [5.74, 6) is 0.911. The van der Waals surface area contributed by atoms with Gasteiger partial charge in [-0.1, -0.05) is 13.0 Å². The molecular weight excluding hydrogens is 208 g/mol. The van der Waals surface area contributed by atoms with Gasteiger partial charge in [0, 0.05) is 5.92 Å². The molecule has 1 aromatic carbocycles. The first-order valence-electron chi connectivity index (χ1n) is 5.28. The highest BCUT2D eigenvalue weighted by Crippen LogP contribution is 2.34. The van der Waals surface area contributed by atoms with Crippen LogP contribution < -0.4 is 4.74 Å². The van der Waals surface area contributed by atoms with Crippen molar-refractivity contribution < 1.29 is 19.3 Å². The molecule has 0 amide bonds. The van der Waals surface area contributed by atoms with Gasteiger partial charge in [-0.05, 0) is 17.7 Å². The van der Waals surface area contributed by atoms with Crippen LogP contribution in [0.1, 0.15) is 18.6 Å². The molecule has 2 rings (SSSR count). The monoisotopic (exact) mass is 224 g/mol. The Balaban J connectivity index is 2.25. The second-order valence-corrected chi connectivity index (χ2v) is 3.98. The van der Waals surface area contributed by atoms with E-state index in [0.717, 1.165) is 5.56 Å². The van der Waals surface area contributed by atoms with Crippen molar-refractivity contribution in [2.75, 3.05) is 20.5 Å². The van der Waals surface area contributed by atoms with E-state index in [4.69, 9.17) is 14.2 Å². The van der Waals surface area contributed by atoms with Crippen LogP contribution in [0.2, 0.25) is 0 Å². The maximum atomic E-state index is 9.51. The predicted octanol–water partition coefficient (Wildman–Crippen LogP) is 2.08. The lowest BCUT2D eigenvalue weighted by Crippen LogP contribution is -2.25. The molecule has 2 atom stereocenters. The maximum absolute atomic E-state index is 9.51. The maximum Gasteiger partial charge on any atom is 0.160 e. The van der Waals surface area contributed by atoms with Crippen molar-refractivity contribution in [1.82, 2.24) is 0 Å². The minimum absolute atomic E-state index is 0.00301. The highest BCUT2D eigenvalue weighted by atomic mass is 16.7. The first kappa shape index (κ1) is 11.2. The lowest BCUT2D eigenvalue weighted by molar-refractivity contribution is -0.168. The van der Waals surface area contributed by atoms with E-state index in [1.165, 1.54) is 7.11 Å². The number of aromatic hydroxyl groups is 1. The molecule has 0 bridgehead atoms. The summed E-state index contributed by atoms with van der Waals surface area (Å²) < 4.78 is 15.8. The quantitative estimate of drug-likeness (QED) is 0.835. The van der Waals surface area contributed by atoms with E-state index in [1.807, 2.05) is 12.1 Å².